The normalized spacial score (nSPS) is 11.2. The summed E-state index contributed by atoms with van der Waals surface area (Å²) in [5.74, 6) is 0.186. The van der Waals surface area contributed by atoms with Gasteiger partial charge < -0.3 is 21.1 Å². The first kappa shape index (κ1) is 19.8. The topological polar surface area (TPSA) is 85.1 Å². The van der Waals surface area contributed by atoms with E-state index in [1.54, 1.807) is 18.2 Å². The number of anilines is 5. The summed E-state index contributed by atoms with van der Waals surface area (Å²) in [6.45, 7) is 0. The number of nitrogen functional groups attached to an aromatic ring is 1. The summed E-state index contributed by atoms with van der Waals surface area (Å²) in [5, 5.41) is 6.53. The molecule has 2 aromatic carbocycles. The average molecular weight is 430 g/mol. The minimum absolute atomic E-state index is 0.175. The van der Waals surface area contributed by atoms with Gasteiger partial charge in [-0.25, -0.2) is 9.97 Å². The number of alkyl halides is 3. The first-order valence-electron chi connectivity index (χ1n) is 7.67. The van der Waals surface area contributed by atoms with E-state index in [0.29, 0.717) is 21.4 Å². The third-order valence-electron chi connectivity index (χ3n) is 3.44. The summed E-state index contributed by atoms with van der Waals surface area (Å²) in [6, 6.07) is 10.2. The zero-order valence-corrected chi connectivity index (χ0v) is 15.4. The molecule has 0 aliphatic carbocycles. The van der Waals surface area contributed by atoms with Crippen LogP contribution in [0.4, 0.5) is 41.9 Å². The number of hydrogen-bond donors (Lipinski definition) is 3. The maximum atomic E-state index is 12.2. The predicted molar refractivity (Wildman–Crippen MR) is 103 cm³/mol. The molecule has 0 saturated carbocycles. The van der Waals surface area contributed by atoms with E-state index in [2.05, 4.69) is 25.3 Å². The monoisotopic (exact) mass is 429 g/mol. The van der Waals surface area contributed by atoms with Gasteiger partial charge >= 0.3 is 6.36 Å². The molecule has 3 aromatic rings. The molecular weight excluding hydrogens is 418 g/mol. The van der Waals surface area contributed by atoms with Gasteiger partial charge in [0.2, 0.25) is 0 Å². The van der Waals surface area contributed by atoms with Gasteiger partial charge in [-0.05, 0) is 36.4 Å². The molecule has 28 heavy (non-hydrogen) atoms. The van der Waals surface area contributed by atoms with Crippen LogP contribution in [0.1, 0.15) is 0 Å². The number of nitrogens with two attached hydrogens (primary N) is 1. The second-order valence-corrected chi connectivity index (χ2v) is 6.19. The molecule has 0 bridgehead atoms. The lowest BCUT2D eigenvalue weighted by molar-refractivity contribution is -0.274. The van der Waals surface area contributed by atoms with E-state index in [4.69, 9.17) is 28.9 Å². The van der Waals surface area contributed by atoms with Crippen LogP contribution in [0, 0.1) is 0 Å². The molecule has 0 amide bonds. The molecule has 3 rings (SSSR count). The summed E-state index contributed by atoms with van der Waals surface area (Å²) >= 11 is 12.1. The van der Waals surface area contributed by atoms with Crippen molar-refractivity contribution in [1.82, 2.24) is 9.97 Å². The minimum atomic E-state index is -4.76. The molecule has 0 aliphatic rings. The summed E-state index contributed by atoms with van der Waals surface area (Å²) in [4.78, 5) is 8.11. The van der Waals surface area contributed by atoms with Gasteiger partial charge in [0, 0.05) is 5.69 Å². The number of halogens is 5. The summed E-state index contributed by atoms with van der Waals surface area (Å²) in [5.41, 5.74) is 7.21. The van der Waals surface area contributed by atoms with Crippen molar-refractivity contribution in [1.29, 1.82) is 0 Å². The number of nitrogens with zero attached hydrogens (tertiary/aromatic N) is 2. The van der Waals surface area contributed by atoms with Crippen LogP contribution < -0.4 is 21.1 Å². The van der Waals surface area contributed by atoms with E-state index in [1.807, 2.05) is 0 Å². The summed E-state index contributed by atoms with van der Waals surface area (Å²) < 4.78 is 40.5. The molecule has 0 aliphatic heterocycles. The van der Waals surface area contributed by atoms with Crippen molar-refractivity contribution in [3.05, 3.63) is 58.8 Å². The van der Waals surface area contributed by atoms with Crippen molar-refractivity contribution in [3.8, 4) is 5.75 Å². The van der Waals surface area contributed by atoms with Crippen LogP contribution >= 0.6 is 23.2 Å². The molecule has 6 nitrogen and oxygen atoms in total. The summed E-state index contributed by atoms with van der Waals surface area (Å²) in [6.07, 6.45) is -3.49. The van der Waals surface area contributed by atoms with Crippen LogP contribution in [0.3, 0.4) is 0 Å². The Morgan fingerprint density at radius 3 is 2.21 bits per heavy atom. The zero-order chi connectivity index (χ0) is 20.3. The van der Waals surface area contributed by atoms with Gasteiger partial charge in [0.05, 0.1) is 15.7 Å². The van der Waals surface area contributed by atoms with E-state index in [9.17, 15) is 13.2 Å². The largest absolute Gasteiger partial charge is 0.573 e. The number of ether oxygens (including phenoxy) is 1. The van der Waals surface area contributed by atoms with Gasteiger partial charge in [-0.15, -0.1) is 13.2 Å². The molecule has 11 heteroatoms. The highest BCUT2D eigenvalue weighted by molar-refractivity contribution is 6.43. The van der Waals surface area contributed by atoms with Gasteiger partial charge in [-0.3, -0.25) is 0 Å². The SMILES string of the molecule is Nc1c(Nc2ccc(OC(F)(F)F)cc2)ncnc1Nc1cccc(Cl)c1Cl. The molecule has 1 heterocycles. The van der Waals surface area contributed by atoms with Crippen molar-refractivity contribution in [3.63, 3.8) is 0 Å². The Labute approximate surface area is 167 Å². The average Bonchev–Trinajstić information content (AvgIpc) is 2.62. The van der Waals surface area contributed by atoms with Crippen molar-refractivity contribution in [2.75, 3.05) is 16.4 Å². The van der Waals surface area contributed by atoms with Crippen molar-refractivity contribution >= 4 is 51.9 Å². The zero-order valence-electron chi connectivity index (χ0n) is 13.9. The van der Waals surface area contributed by atoms with Gasteiger partial charge in [0.1, 0.15) is 17.8 Å². The molecule has 0 fully saturated rings. The second-order valence-electron chi connectivity index (χ2n) is 5.41. The molecule has 0 unspecified atom stereocenters. The van der Waals surface area contributed by atoms with E-state index < -0.39 is 6.36 Å². The Hall–Kier alpha value is -2.91. The molecule has 146 valence electrons. The highest BCUT2D eigenvalue weighted by Gasteiger charge is 2.30. The maximum absolute atomic E-state index is 12.2. The summed E-state index contributed by atoms with van der Waals surface area (Å²) in [7, 11) is 0. The molecule has 0 spiro atoms. The van der Waals surface area contributed by atoms with Crippen LogP contribution in [0.2, 0.25) is 10.0 Å². The smallest absolute Gasteiger partial charge is 0.406 e. The van der Waals surface area contributed by atoms with E-state index >= 15 is 0 Å². The Bertz CT molecular complexity index is 984. The molecule has 4 N–H and O–H groups in total. The van der Waals surface area contributed by atoms with Gasteiger partial charge in [0.15, 0.2) is 11.6 Å². The Kier molecular flexibility index (Phi) is 5.66. The fourth-order valence-corrected chi connectivity index (χ4v) is 2.55. The number of aromatic nitrogens is 2. The van der Waals surface area contributed by atoms with Crippen LogP contribution in [-0.4, -0.2) is 16.3 Å². The van der Waals surface area contributed by atoms with Gasteiger partial charge in [0.25, 0.3) is 0 Å². The van der Waals surface area contributed by atoms with Crippen LogP contribution in [0.25, 0.3) is 0 Å². The first-order valence-corrected chi connectivity index (χ1v) is 8.43. The molecule has 0 radical (unpaired) electrons. The van der Waals surface area contributed by atoms with Crippen LogP contribution in [-0.2, 0) is 0 Å². The number of hydrogen-bond acceptors (Lipinski definition) is 6. The van der Waals surface area contributed by atoms with E-state index in [0.717, 1.165) is 12.1 Å². The minimum Gasteiger partial charge on any atom is -0.406 e. The number of nitrogens with one attached hydrogen (secondary N) is 2. The van der Waals surface area contributed by atoms with Gasteiger partial charge in [-0.2, -0.15) is 0 Å². The van der Waals surface area contributed by atoms with Crippen molar-refractivity contribution in [2.45, 2.75) is 6.36 Å². The lowest BCUT2D eigenvalue weighted by Gasteiger charge is -2.14. The first-order chi connectivity index (χ1) is 13.2. The number of benzene rings is 2. The highest BCUT2D eigenvalue weighted by Crippen LogP contribution is 2.34. The van der Waals surface area contributed by atoms with Crippen LogP contribution in [0.5, 0.6) is 5.75 Å². The fourth-order valence-electron chi connectivity index (χ4n) is 2.20. The molecule has 1 aromatic heterocycles. The Morgan fingerprint density at radius 1 is 0.929 bits per heavy atom. The van der Waals surface area contributed by atoms with Crippen molar-refractivity contribution in [2.24, 2.45) is 0 Å². The van der Waals surface area contributed by atoms with E-state index in [1.165, 1.54) is 18.5 Å². The third kappa shape index (κ3) is 4.87. The maximum Gasteiger partial charge on any atom is 0.573 e. The van der Waals surface area contributed by atoms with E-state index in [-0.39, 0.29) is 23.1 Å². The predicted octanol–water partition coefficient (Wildman–Crippen LogP) is 5.75. The molecular formula is C17H12Cl2F3N5O. The Balaban J connectivity index is 1.78. The highest BCUT2D eigenvalue weighted by atomic mass is 35.5. The number of rotatable bonds is 5. The lowest BCUT2D eigenvalue weighted by atomic mass is 10.3. The van der Waals surface area contributed by atoms with Crippen molar-refractivity contribution < 1.29 is 17.9 Å². The molecule has 0 saturated heterocycles. The molecule has 0 atom stereocenters. The Morgan fingerprint density at radius 2 is 1.57 bits per heavy atom. The fraction of sp³-hybridized carbons (Fsp3) is 0.0588. The quantitative estimate of drug-likeness (QED) is 0.478. The van der Waals surface area contributed by atoms with Crippen LogP contribution in [0.15, 0.2) is 48.8 Å². The third-order valence-corrected chi connectivity index (χ3v) is 4.26. The standard InChI is InChI=1S/C17H12Cl2F3N5O/c18-11-2-1-3-12(13(11)19)27-16-14(23)15(24-8-25-16)26-9-4-6-10(7-5-9)28-17(20,21)22/h1-8H,23H2,(H2,24,25,26,27). The van der Waals surface area contributed by atoms with Gasteiger partial charge in [-0.1, -0.05) is 29.3 Å². The lowest BCUT2D eigenvalue weighted by Crippen LogP contribution is -2.17. The second kappa shape index (κ2) is 7.99.